The average molecular weight is 491 g/mol. The van der Waals surface area contributed by atoms with Gasteiger partial charge < -0.3 is 4.74 Å². The molecule has 17 heteroatoms. The van der Waals surface area contributed by atoms with E-state index < -0.39 is 62.6 Å². The zero-order chi connectivity index (χ0) is 24.1. The van der Waals surface area contributed by atoms with Crippen molar-refractivity contribution in [1.29, 1.82) is 0 Å². The Morgan fingerprint density at radius 1 is 0.812 bits per heavy atom. The number of nitro groups is 2. The van der Waals surface area contributed by atoms with Gasteiger partial charge in [0.1, 0.15) is 0 Å². The third-order valence-electron chi connectivity index (χ3n) is 3.42. The van der Waals surface area contributed by atoms with E-state index in [4.69, 9.17) is 0 Å². The van der Waals surface area contributed by atoms with Crippen molar-refractivity contribution in [3.8, 4) is 0 Å². The molecule has 0 aliphatic rings. The SMILES string of the molecule is CCOC(=O)N(OS(=O)(=O)c1ccc([N+](=O)[O-])cc1)OS(=O)(=O)c1ccc([N+](=O)[O-])cc1. The minimum Gasteiger partial charge on any atom is -0.447 e. The molecule has 1 amide bonds. The molecule has 2 aromatic rings. The summed E-state index contributed by atoms with van der Waals surface area (Å²) in [6, 6.07) is 6.45. The summed E-state index contributed by atoms with van der Waals surface area (Å²) in [5.74, 6) is 0. The van der Waals surface area contributed by atoms with Gasteiger partial charge in [0, 0.05) is 24.3 Å². The zero-order valence-corrected chi connectivity index (χ0v) is 17.5. The van der Waals surface area contributed by atoms with Crippen LogP contribution in [0.25, 0.3) is 0 Å². The summed E-state index contributed by atoms with van der Waals surface area (Å²) < 4.78 is 62.8. The van der Waals surface area contributed by atoms with E-state index in [0.29, 0.717) is 0 Å². The summed E-state index contributed by atoms with van der Waals surface area (Å²) in [5.41, 5.74) is -0.883. The Labute approximate surface area is 180 Å². The Morgan fingerprint density at radius 3 is 1.44 bits per heavy atom. The van der Waals surface area contributed by atoms with Crippen molar-refractivity contribution in [2.75, 3.05) is 6.61 Å². The highest BCUT2D eigenvalue weighted by Gasteiger charge is 2.33. The zero-order valence-electron chi connectivity index (χ0n) is 15.9. The normalized spacial score (nSPS) is 11.5. The highest BCUT2D eigenvalue weighted by Crippen LogP contribution is 2.22. The molecule has 15 nitrogen and oxygen atoms in total. The topological polar surface area (TPSA) is 203 Å². The van der Waals surface area contributed by atoms with Crippen LogP contribution in [0.4, 0.5) is 16.2 Å². The lowest BCUT2D eigenvalue weighted by molar-refractivity contribution is -0.385. The number of hydrogen-bond acceptors (Lipinski definition) is 12. The van der Waals surface area contributed by atoms with Crippen LogP contribution in [0.1, 0.15) is 6.92 Å². The summed E-state index contributed by atoms with van der Waals surface area (Å²) in [6.07, 6.45) is -1.66. The molecular formula is C15H13N3O12S2. The van der Waals surface area contributed by atoms with Gasteiger partial charge in [-0.25, -0.2) is 4.79 Å². The molecule has 32 heavy (non-hydrogen) atoms. The number of nitrogens with zero attached hydrogens (tertiary/aromatic N) is 3. The molecule has 0 atom stereocenters. The van der Waals surface area contributed by atoms with Crippen LogP contribution >= 0.6 is 0 Å². The molecule has 0 spiro atoms. The molecule has 0 aliphatic heterocycles. The summed E-state index contributed by atoms with van der Waals surface area (Å²) in [6.45, 7) is 1.00. The molecule has 0 unspecified atom stereocenters. The van der Waals surface area contributed by atoms with E-state index in [2.05, 4.69) is 13.3 Å². The van der Waals surface area contributed by atoms with Crippen LogP contribution in [-0.2, 0) is 33.5 Å². The highest BCUT2D eigenvalue weighted by atomic mass is 32.2. The predicted molar refractivity (Wildman–Crippen MR) is 102 cm³/mol. The van der Waals surface area contributed by atoms with Gasteiger partial charge in [-0.2, -0.15) is 16.8 Å². The number of hydrogen-bond donors (Lipinski definition) is 0. The molecule has 0 N–H and O–H groups in total. The second kappa shape index (κ2) is 9.64. The van der Waals surface area contributed by atoms with Crippen LogP contribution < -0.4 is 0 Å². The second-order valence-electron chi connectivity index (χ2n) is 5.52. The van der Waals surface area contributed by atoms with Gasteiger partial charge in [-0.05, 0) is 36.4 Å². The monoisotopic (exact) mass is 491 g/mol. The predicted octanol–water partition coefficient (Wildman–Crippen LogP) is 1.90. The molecule has 0 heterocycles. The molecular weight excluding hydrogens is 478 g/mol. The summed E-state index contributed by atoms with van der Waals surface area (Å²) in [4.78, 5) is 30.4. The first kappa shape index (κ1) is 24.6. The Morgan fingerprint density at radius 2 is 1.16 bits per heavy atom. The van der Waals surface area contributed by atoms with Crippen molar-refractivity contribution >= 4 is 37.7 Å². The number of rotatable bonds is 9. The number of benzene rings is 2. The number of ether oxygens (including phenoxy) is 1. The van der Waals surface area contributed by atoms with E-state index >= 15 is 0 Å². The molecule has 2 rings (SSSR count). The molecule has 0 aliphatic carbocycles. The van der Waals surface area contributed by atoms with Crippen molar-refractivity contribution in [1.82, 2.24) is 5.23 Å². The van der Waals surface area contributed by atoms with Gasteiger partial charge in [-0.15, -0.1) is 8.57 Å². The van der Waals surface area contributed by atoms with Gasteiger partial charge in [-0.3, -0.25) is 20.2 Å². The van der Waals surface area contributed by atoms with E-state index in [9.17, 15) is 41.9 Å². The maximum atomic E-state index is 12.4. The Kier molecular flexibility index (Phi) is 7.41. The lowest BCUT2D eigenvalue weighted by atomic mass is 10.3. The fourth-order valence-corrected chi connectivity index (χ4v) is 3.67. The van der Waals surface area contributed by atoms with E-state index in [-0.39, 0.29) is 6.61 Å². The third-order valence-corrected chi connectivity index (χ3v) is 5.78. The molecule has 0 radical (unpaired) electrons. The quantitative estimate of drug-likeness (QED) is 0.364. The Bertz CT molecular complexity index is 1140. The van der Waals surface area contributed by atoms with E-state index in [1.54, 1.807) is 0 Å². The smallest absolute Gasteiger partial charge is 0.447 e. The first-order chi connectivity index (χ1) is 14.9. The first-order valence-corrected chi connectivity index (χ1v) is 11.0. The van der Waals surface area contributed by atoms with E-state index in [1.165, 1.54) is 6.92 Å². The maximum Gasteiger partial charge on any atom is 0.461 e. The van der Waals surface area contributed by atoms with Crippen molar-refractivity contribution in [2.24, 2.45) is 0 Å². The number of carbonyl (C=O) groups excluding carboxylic acids is 1. The standard InChI is InChI=1S/C15H13N3O12S2/c1-2-28-15(19)18(29-31(24,25)13-7-3-11(4-8-13)16(20)21)30-32(26,27)14-9-5-12(6-10-14)17(22)23/h3-10H,2H2,1H3. The molecule has 0 bridgehead atoms. The van der Waals surface area contributed by atoms with Crippen molar-refractivity contribution in [2.45, 2.75) is 16.7 Å². The average Bonchev–Trinajstić information content (AvgIpc) is 2.73. The van der Waals surface area contributed by atoms with Crippen LogP contribution in [0.5, 0.6) is 0 Å². The van der Waals surface area contributed by atoms with Crippen LogP contribution in [0.3, 0.4) is 0 Å². The molecule has 0 saturated heterocycles. The molecule has 0 aromatic heterocycles. The Balaban J connectivity index is 2.34. The van der Waals surface area contributed by atoms with Gasteiger partial charge >= 0.3 is 26.3 Å². The van der Waals surface area contributed by atoms with Crippen LogP contribution in [0, 0.1) is 20.2 Å². The van der Waals surface area contributed by atoms with Crippen molar-refractivity contribution in [3.05, 3.63) is 68.8 Å². The Hall–Kier alpha value is -3.67. The van der Waals surface area contributed by atoms with Crippen molar-refractivity contribution in [3.63, 3.8) is 0 Å². The fraction of sp³-hybridized carbons (Fsp3) is 0.133. The minimum atomic E-state index is -4.91. The van der Waals surface area contributed by atoms with Gasteiger partial charge in [0.15, 0.2) is 0 Å². The van der Waals surface area contributed by atoms with Gasteiger partial charge in [0.25, 0.3) is 11.4 Å². The van der Waals surface area contributed by atoms with Crippen LogP contribution in [0.15, 0.2) is 58.3 Å². The second-order valence-corrected chi connectivity index (χ2v) is 8.57. The van der Waals surface area contributed by atoms with Gasteiger partial charge in [0.05, 0.1) is 26.2 Å². The number of nitro benzene ring substituents is 2. The van der Waals surface area contributed by atoms with Gasteiger partial charge in [0.2, 0.25) is 0 Å². The minimum absolute atomic E-state index is 0.322. The lowest BCUT2D eigenvalue weighted by Crippen LogP contribution is -2.36. The third kappa shape index (κ3) is 5.94. The number of amides is 1. The highest BCUT2D eigenvalue weighted by molar-refractivity contribution is 7.87. The molecule has 172 valence electrons. The number of hydroxylamine groups is 2. The van der Waals surface area contributed by atoms with E-state index in [1.807, 2.05) is 0 Å². The largest absolute Gasteiger partial charge is 0.461 e. The molecule has 2 aromatic carbocycles. The van der Waals surface area contributed by atoms with E-state index in [0.717, 1.165) is 48.5 Å². The van der Waals surface area contributed by atoms with Crippen molar-refractivity contribution < 1.29 is 44.8 Å². The fourth-order valence-electron chi connectivity index (χ4n) is 1.98. The van der Waals surface area contributed by atoms with Gasteiger partial charge in [-0.1, -0.05) is 0 Å². The summed E-state index contributed by atoms with van der Waals surface area (Å²) >= 11 is 0. The first-order valence-electron chi connectivity index (χ1n) is 8.22. The summed E-state index contributed by atoms with van der Waals surface area (Å²) in [7, 11) is -9.83. The molecule has 0 fully saturated rings. The maximum absolute atomic E-state index is 12.4. The number of non-ortho nitro benzene ring substituents is 2. The van der Waals surface area contributed by atoms with Crippen LogP contribution in [0.2, 0.25) is 0 Å². The molecule has 0 saturated carbocycles. The van der Waals surface area contributed by atoms with Crippen LogP contribution in [-0.4, -0.2) is 44.6 Å². The summed E-state index contributed by atoms with van der Waals surface area (Å²) in [5, 5.41) is 20.8. The lowest BCUT2D eigenvalue weighted by Gasteiger charge is -2.18. The number of carbonyl (C=O) groups is 1.